The second kappa shape index (κ2) is 9.77. The van der Waals surface area contributed by atoms with Gasteiger partial charge in [-0.25, -0.2) is 4.79 Å². The van der Waals surface area contributed by atoms with Crippen LogP contribution in [0.25, 0.3) is 0 Å². The van der Waals surface area contributed by atoms with E-state index < -0.39 is 0 Å². The summed E-state index contributed by atoms with van der Waals surface area (Å²) in [6, 6.07) is 8.95. The van der Waals surface area contributed by atoms with E-state index in [4.69, 9.17) is 0 Å². The summed E-state index contributed by atoms with van der Waals surface area (Å²) in [5.41, 5.74) is 2.48. The minimum atomic E-state index is -0.0898. The molecule has 1 heterocycles. The van der Waals surface area contributed by atoms with Crippen molar-refractivity contribution in [3.63, 3.8) is 0 Å². The van der Waals surface area contributed by atoms with Gasteiger partial charge in [-0.05, 0) is 44.6 Å². The lowest BCUT2D eigenvalue weighted by molar-refractivity contribution is -0.132. The van der Waals surface area contributed by atoms with Crippen molar-refractivity contribution in [2.45, 2.75) is 76.8 Å². The van der Waals surface area contributed by atoms with E-state index in [1.54, 1.807) is 0 Å². The van der Waals surface area contributed by atoms with Crippen LogP contribution in [0.5, 0.6) is 0 Å². The van der Waals surface area contributed by atoms with Crippen LogP contribution in [0.15, 0.2) is 24.3 Å². The Morgan fingerprint density at radius 1 is 1.04 bits per heavy atom. The summed E-state index contributed by atoms with van der Waals surface area (Å²) >= 11 is 0. The lowest BCUT2D eigenvalue weighted by Crippen LogP contribution is -2.43. The molecule has 2 N–H and O–H groups in total. The van der Waals surface area contributed by atoms with Crippen molar-refractivity contribution in [1.82, 2.24) is 15.5 Å². The van der Waals surface area contributed by atoms with Crippen LogP contribution >= 0.6 is 0 Å². The minimum absolute atomic E-state index is 0.0898. The van der Waals surface area contributed by atoms with Crippen LogP contribution in [-0.2, 0) is 4.79 Å². The van der Waals surface area contributed by atoms with Gasteiger partial charge >= 0.3 is 6.03 Å². The van der Waals surface area contributed by atoms with Gasteiger partial charge in [0.05, 0.1) is 6.04 Å². The molecule has 1 unspecified atom stereocenters. The molecular weight excluding hydrogens is 338 g/mol. The van der Waals surface area contributed by atoms with E-state index in [1.165, 1.54) is 30.4 Å². The van der Waals surface area contributed by atoms with Crippen molar-refractivity contribution >= 4 is 11.9 Å². The number of nitrogens with one attached hydrogen (secondary N) is 2. The quantitative estimate of drug-likeness (QED) is 0.741. The SMILES string of the molecule is Cc1ccc(C2CCCN2C(=O)CCCNC(=O)NC2CCCCC2)cc1. The van der Waals surface area contributed by atoms with Gasteiger partial charge in [0, 0.05) is 25.6 Å². The summed E-state index contributed by atoms with van der Waals surface area (Å²) < 4.78 is 0. The molecule has 148 valence electrons. The summed E-state index contributed by atoms with van der Waals surface area (Å²) in [4.78, 5) is 26.6. The number of carbonyl (C=O) groups excluding carboxylic acids is 2. The normalized spacial score (nSPS) is 20.5. The largest absolute Gasteiger partial charge is 0.338 e. The van der Waals surface area contributed by atoms with Gasteiger partial charge in [0.25, 0.3) is 0 Å². The molecule has 0 radical (unpaired) electrons. The van der Waals surface area contributed by atoms with Crippen molar-refractivity contribution in [3.05, 3.63) is 35.4 Å². The third kappa shape index (κ3) is 5.72. The van der Waals surface area contributed by atoms with Gasteiger partial charge < -0.3 is 15.5 Å². The van der Waals surface area contributed by atoms with Crippen LogP contribution in [0.4, 0.5) is 4.79 Å². The molecule has 1 aliphatic heterocycles. The van der Waals surface area contributed by atoms with Gasteiger partial charge in [-0.3, -0.25) is 4.79 Å². The highest BCUT2D eigenvalue weighted by atomic mass is 16.2. The van der Waals surface area contributed by atoms with Crippen molar-refractivity contribution in [3.8, 4) is 0 Å². The molecule has 5 heteroatoms. The zero-order valence-electron chi connectivity index (χ0n) is 16.5. The van der Waals surface area contributed by atoms with Gasteiger partial charge in [0.1, 0.15) is 0 Å². The molecule has 27 heavy (non-hydrogen) atoms. The first-order valence-corrected chi connectivity index (χ1v) is 10.5. The maximum absolute atomic E-state index is 12.7. The lowest BCUT2D eigenvalue weighted by Gasteiger charge is -2.25. The zero-order chi connectivity index (χ0) is 19.1. The third-order valence-electron chi connectivity index (χ3n) is 5.83. The summed E-state index contributed by atoms with van der Waals surface area (Å²) in [5.74, 6) is 0.201. The molecular formula is C22H33N3O2. The maximum Gasteiger partial charge on any atom is 0.315 e. The molecule has 1 aliphatic carbocycles. The van der Waals surface area contributed by atoms with E-state index >= 15 is 0 Å². The number of urea groups is 1. The number of likely N-dealkylation sites (tertiary alicyclic amines) is 1. The van der Waals surface area contributed by atoms with Crippen molar-refractivity contribution in [2.24, 2.45) is 0 Å². The third-order valence-corrected chi connectivity index (χ3v) is 5.83. The maximum atomic E-state index is 12.7. The highest BCUT2D eigenvalue weighted by Gasteiger charge is 2.29. The first-order chi connectivity index (χ1) is 13.1. The summed E-state index contributed by atoms with van der Waals surface area (Å²) in [6.45, 7) is 3.47. The molecule has 0 spiro atoms. The molecule has 3 rings (SSSR count). The molecule has 3 amide bonds. The van der Waals surface area contributed by atoms with Gasteiger partial charge in [0.2, 0.25) is 5.91 Å². The van der Waals surface area contributed by atoms with Crippen molar-refractivity contribution in [2.75, 3.05) is 13.1 Å². The fourth-order valence-electron chi connectivity index (χ4n) is 4.27. The highest BCUT2D eigenvalue weighted by molar-refractivity contribution is 5.77. The molecule has 1 aromatic carbocycles. The fraction of sp³-hybridized carbons (Fsp3) is 0.636. The molecule has 1 atom stereocenters. The molecule has 2 aliphatic rings. The predicted octanol–water partition coefficient (Wildman–Crippen LogP) is 4.07. The highest BCUT2D eigenvalue weighted by Crippen LogP contribution is 2.32. The average molecular weight is 372 g/mol. The minimum Gasteiger partial charge on any atom is -0.338 e. The number of amides is 3. The smallest absolute Gasteiger partial charge is 0.315 e. The molecule has 0 aromatic heterocycles. The Hall–Kier alpha value is -2.04. The summed E-state index contributed by atoms with van der Waals surface area (Å²) in [5, 5.41) is 5.95. The Labute approximate surface area is 162 Å². The molecule has 1 aromatic rings. The summed E-state index contributed by atoms with van der Waals surface area (Å²) in [7, 11) is 0. The monoisotopic (exact) mass is 371 g/mol. The number of carbonyl (C=O) groups is 2. The number of aryl methyl sites for hydroxylation is 1. The van der Waals surface area contributed by atoms with Crippen LogP contribution in [0.2, 0.25) is 0 Å². The van der Waals surface area contributed by atoms with E-state index in [0.717, 1.165) is 32.2 Å². The second-order valence-electron chi connectivity index (χ2n) is 7.99. The van der Waals surface area contributed by atoms with E-state index in [0.29, 0.717) is 25.4 Å². The fourth-order valence-corrected chi connectivity index (χ4v) is 4.27. The Kier molecular flexibility index (Phi) is 7.13. The Morgan fingerprint density at radius 2 is 1.78 bits per heavy atom. The topological polar surface area (TPSA) is 61.4 Å². The second-order valence-corrected chi connectivity index (χ2v) is 7.99. The van der Waals surface area contributed by atoms with Crippen LogP contribution in [-0.4, -0.2) is 36.0 Å². The molecule has 5 nitrogen and oxygen atoms in total. The van der Waals surface area contributed by atoms with Gasteiger partial charge in [-0.1, -0.05) is 49.1 Å². The number of hydrogen-bond acceptors (Lipinski definition) is 2. The van der Waals surface area contributed by atoms with E-state index in [9.17, 15) is 9.59 Å². The van der Waals surface area contributed by atoms with Crippen molar-refractivity contribution < 1.29 is 9.59 Å². The molecule has 1 saturated carbocycles. The van der Waals surface area contributed by atoms with E-state index in [1.807, 2.05) is 4.90 Å². The lowest BCUT2D eigenvalue weighted by atomic mass is 9.96. The Morgan fingerprint density at radius 3 is 2.52 bits per heavy atom. The van der Waals surface area contributed by atoms with Crippen LogP contribution < -0.4 is 10.6 Å². The van der Waals surface area contributed by atoms with Gasteiger partial charge in [-0.2, -0.15) is 0 Å². The number of hydrogen-bond donors (Lipinski definition) is 2. The van der Waals surface area contributed by atoms with Crippen LogP contribution in [0, 0.1) is 6.92 Å². The zero-order valence-corrected chi connectivity index (χ0v) is 16.5. The van der Waals surface area contributed by atoms with Crippen LogP contribution in [0.3, 0.4) is 0 Å². The van der Waals surface area contributed by atoms with Gasteiger partial charge in [0.15, 0.2) is 0 Å². The van der Waals surface area contributed by atoms with Crippen molar-refractivity contribution in [1.29, 1.82) is 0 Å². The first-order valence-electron chi connectivity index (χ1n) is 10.5. The Balaban J connectivity index is 1.38. The molecule has 1 saturated heterocycles. The van der Waals surface area contributed by atoms with Crippen LogP contribution in [0.1, 0.15) is 75.0 Å². The molecule has 0 bridgehead atoms. The number of nitrogens with zero attached hydrogens (tertiary/aromatic N) is 1. The summed E-state index contributed by atoms with van der Waals surface area (Å²) in [6.07, 6.45) is 9.14. The molecule has 2 fully saturated rings. The van der Waals surface area contributed by atoms with E-state index in [-0.39, 0.29) is 18.0 Å². The first kappa shape index (κ1) is 19.7. The predicted molar refractivity (Wildman–Crippen MR) is 108 cm³/mol. The van der Waals surface area contributed by atoms with Gasteiger partial charge in [-0.15, -0.1) is 0 Å². The van der Waals surface area contributed by atoms with E-state index in [2.05, 4.69) is 41.8 Å². The standard InChI is InChI=1S/C22H33N3O2/c1-17-11-13-18(14-12-17)20-9-6-16-25(20)21(26)10-5-15-23-22(27)24-19-7-3-2-4-8-19/h11-14,19-20H,2-10,15-16H2,1H3,(H2,23,24,27). The number of rotatable bonds is 6. The Bertz CT molecular complexity index is 623. The average Bonchev–Trinajstić information content (AvgIpc) is 3.16. The number of benzene rings is 1.